The van der Waals surface area contributed by atoms with Gasteiger partial charge in [0.1, 0.15) is 34.2 Å². The van der Waals surface area contributed by atoms with E-state index in [2.05, 4.69) is 4.98 Å². The van der Waals surface area contributed by atoms with Crippen molar-refractivity contribution in [2.24, 2.45) is 11.7 Å². The van der Waals surface area contributed by atoms with Gasteiger partial charge in [0.2, 0.25) is 5.88 Å². The molecular formula is C29H29FN4O5. The van der Waals surface area contributed by atoms with Crippen molar-refractivity contribution in [3.05, 3.63) is 83.9 Å². The summed E-state index contributed by atoms with van der Waals surface area (Å²) in [6.07, 6.45) is 3.28. The number of nitrogens with zero attached hydrogens (tertiary/aromatic N) is 3. The molecule has 2 aliphatic heterocycles. The molecule has 1 fully saturated rings. The molecule has 9 nitrogen and oxygen atoms in total. The molecular weight excluding hydrogens is 503 g/mol. The minimum Gasteiger partial charge on any atom is -0.457 e. The summed E-state index contributed by atoms with van der Waals surface area (Å²) in [6.45, 7) is 7.23. The number of rotatable bonds is 6. The van der Waals surface area contributed by atoms with Crippen LogP contribution in [-0.4, -0.2) is 47.1 Å². The summed E-state index contributed by atoms with van der Waals surface area (Å²) in [4.78, 5) is 32.7. The summed E-state index contributed by atoms with van der Waals surface area (Å²) in [5, 5.41) is 0. The molecule has 2 aliphatic rings. The fraction of sp³-hybridized carbons (Fsp3) is 0.276. The zero-order chi connectivity index (χ0) is 27.7. The van der Waals surface area contributed by atoms with E-state index in [1.54, 1.807) is 53.6 Å². The second kappa shape index (κ2) is 10.3. The highest BCUT2D eigenvalue weighted by Gasteiger charge is 2.37. The van der Waals surface area contributed by atoms with E-state index in [9.17, 15) is 14.0 Å². The average molecular weight is 533 g/mol. The molecule has 0 radical (unpaired) electrons. The van der Waals surface area contributed by atoms with Gasteiger partial charge in [-0.05, 0) is 68.8 Å². The van der Waals surface area contributed by atoms with Crippen LogP contribution in [0.15, 0.2) is 72.6 Å². The first kappa shape index (κ1) is 26.0. The number of nitrogens with two attached hydrogens (primary N) is 1. The number of primary amides is 1. The Hall–Kier alpha value is -4.60. The molecule has 1 atom stereocenters. The summed E-state index contributed by atoms with van der Waals surface area (Å²) in [5.41, 5.74) is 7.05. The van der Waals surface area contributed by atoms with E-state index in [1.807, 2.05) is 31.9 Å². The summed E-state index contributed by atoms with van der Waals surface area (Å²) < 4.78 is 30.4. The highest BCUT2D eigenvalue weighted by atomic mass is 19.1. The van der Waals surface area contributed by atoms with Crippen molar-refractivity contribution in [2.45, 2.75) is 26.4 Å². The Morgan fingerprint density at radius 3 is 2.36 bits per heavy atom. The van der Waals surface area contributed by atoms with Crippen molar-refractivity contribution in [2.75, 3.05) is 24.5 Å². The summed E-state index contributed by atoms with van der Waals surface area (Å²) in [7, 11) is 0. The Bertz CT molecular complexity index is 1430. The molecule has 2 aromatic carbocycles. The summed E-state index contributed by atoms with van der Waals surface area (Å²) in [5.74, 6) is 0.460. The van der Waals surface area contributed by atoms with Gasteiger partial charge >= 0.3 is 6.09 Å². The van der Waals surface area contributed by atoms with Crippen molar-refractivity contribution in [3.63, 3.8) is 0 Å². The summed E-state index contributed by atoms with van der Waals surface area (Å²) in [6, 6.07) is 14.1. The van der Waals surface area contributed by atoms with Gasteiger partial charge in [0.15, 0.2) is 0 Å². The molecule has 1 saturated heterocycles. The molecule has 0 saturated carbocycles. The third-order valence-electron chi connectivity index (χ3n) is 6.23. The van der Waals surface area contributed by atoms with Crippen LogP contribution in [0.4, 0.5) is 14.9 Å². The van der Waals surface area contributed by atoms with Crippen LogP contribution in [0.2, 0.25) is 0 Å². The quantitative estimate of drug-likeness (QED) is 0.448. The van der Waals surface area contributed by atoms with Crippen molar-refractivity contribution in [1.29, 1.82) is 0 Å². The second-order valence-corrected chi connectivity index (χ2v) is 10.5. The lowest BCUT2D eigenvalue weighted by Gasteiger charge is -2.25. The maximum absolute atomic E-state index is 13.4. The maximum atomic E-state index is 13.4. The van der Waals surface area contributed by atoms with Crippen molar-refractivity contribution >= 4 is 17.7 Å². The Kier molecular flexibility index (Phi) is 6.86. The van der Waals surface area contributed by atoms with Gasteiger partial charge in [0.25, 0.3) is 5.91 Å². The van der Waals surface area contributed by atoms with E-state index in [1.165, 1.54) is 12.1 Å². The zero-order valence-corrected chi connectivity index (χ0v) is 21.9. The normalized spacial score (nSPS) is 16.5. The largest absolute Gasteiger partial charge is 0.457 e. The molecule has 2 amide bonds. The number of aromatic nitrogens is 1. The molecule has 1 unspecified atom stereocenters. The third-order valence-corrected chi connectivity index (χ3v) is 6.23. The molecule has 0 bridgehead atoms. The van der Waals surface area contributed by atoms with Gasteiger partial charge < -0.3 is 29.7 Å². The number of hydrogen-bond acceptors (Lipinski definition) is 7. The van der Waals surface area contributed by atoms with Gasteiger partial charge in [-0.2, -0.15) is 0 Å². The highest BCUT2D eigenvalue weighted by molar-refractivity contribution is 5.96. The zero-order valence-electron chi connectivity index (χ0n) is 21.9. The Morgan fingerprint density at radius 2 is 1.72 bits per heavy atom. The van der Waals surface area contributed by atoms with Gasteiger partial charge in [-0.15, -0.1) is 0 Å². The van der Waals surface area contributed by atoms with E-state index in [0.717, 1.165) is 5.57 Å². The smallest absolute Gasteiger partial charge is 0.410 e. The highest BCUT2D eigenvalue weighted by Crippen LogP contribution is 2.35. The van der Waals surface area contributed by atoms with Crippen LogP contribution in [0.5, 0.6) is 23.1 Å². The van der Waals surface area contributed by atoms with Crippen molar-refractivity contribution in [3.8, 4) is 23.1 Å². The average Bonchev–Trinajstić information content (AvgIpc) is 3.44. The predicted octanol–water partition coefficient (Wildman–Crippen LogP) is 5.48. The molecule has 10 heteroatoms. The van der Waals surface area contributed by atoms with Crippen LogP contribution in [0.3, 0.4) is 0 Å². The summed E-state index contributed by atoms with van der Waals surface area (Å²) >= 11 is 0. The number of carbonyl (C=O) groups is 2. The first-order valence-corrected chi connectivity index (χ1v) is 12.5. The van der Waals surface area contributed by atoms with Gasteiger partial charge in [-0.1, -0.05) is 6.07 Å². The monoisotopic (exact) mass is 532 g/mol. The topological polar surface area (TPSA) is 107 Å². The van der Waals surface area contributed by atoms with Crippen molar-refractivity contribution < 1.29 is 28.2 Å². The van der Waals surface area contributed by atoms with Gasteiger partial charge in [-0.25, -0.2) is 14.2 Å². The van der Waals surface area contributed by atoms with Crippen LogP contribution < -0.4 is 20.1 Å². The molecule has 0 aliphatic carbocycles. The number of benzene rings is 2. The van der Waals surface area contributed by atoms with Crippen molar-refractivity contribution in [1.82, 2.24) is 9.88 Å². The minimum absolute atomic E-state index is 0.0770. The van der Waals surface area contributed by atoms with Gasteiger partial charge in [-0.3, -0.25) is 4.79 Å². The lowest BCUT2D eigenvalue weighted by molar-refractivity contribution is 0.0290. The number of fused-ring (bicyclic) bond motifs is 1. The van der Waals surface area contributed by atoms with Crippen LogP contribution >= 0.6 is 0 Å². The SMILES string of the molecule is CC(C)(C)OC(=O)N1CC2=CN(c3cnc(Oc4ccc(Oc5cccc(F)c5)cc4)c(C(N)=O)c3)CC2C1. The number of ether oxygens (including phenoxy) is 3. The molecule has 3 heterocycles. The van der Waals surface area contributed by atoms with E-state index in [0.29, 0.717) is 42.6 Å². The van der Waals surface area contributed by atoms with Crippen LogP contribution in [-0.2, 0) is 4.74 Å². The van der Waals surface area contributed by atoms with Crippen LogP contribution in [0.25, 0.3) is 0 Å². The Morgan fingerprint density at radius 1 is 1.00 bits per heavy atom. The molecule has 0 spiro atoms. The number of anilines is 1. The van der Waals surface area contributed by atoms with E-state index < -0.39 is 17.3 Å². The lowest BCUT2D eigenvalue weighted by Crippen LogP contribution is -2.36. The first-order chi connectivity index (χ1) is 18.5. The number of hydrogen-bond donors (Lipinski definition) is 1. The number of amides is 2. The van der Waals surface area contributed by atoms with Crippen LogP contribution in [0, 0.1) is 11.7 Å². The number of pyridine rings is 1. The molecule has 5 rings (SSSR count). The molecule has 202 valence electrons. The number of halogens is 1. The molecule has 39 heavy (non-hydrogen) atoms. The predicted molar refractivity (Wildman–Crippen MR) is 142 cm³/mol. The fourth-order valence-electron chi connectivity index (χ4n) is 4.46. The fourth-order valence-corrected chi connectivity index (χ4v) is 4.46. The second-order valence-electron chi connectivity index (χ2n) is 10.5. The maximum Gasteiger partial charge on any atom is 0.410 e. The number of likely N-dealkylation sites (tertiary alicyclic amines) is 1. The Labute approximate surface area is 225 Å². The molecule has 3 aromatic rings. The standard InChI is InChI=1S/C29H29FN4O5/c1-29(2,3)39-28(36)34-16-18-14-33(15-19(18)17-34)21-12-25(26(31)35)27(32-13-21)38-23-9-7-22(8-10-23)37-24-6-4-5-20(30)11-24/h4-14,19H,15-17H2,1-3H3,(H2,31,35). The third kappa shape index (κ3) is 6.11. The van der Waals surface area contributed by atoms with Gasteiger partial charge in [0, 0.05) is 37.8 Å². The molecule has 1 aromatic heterocycles. The van der Waals surface area contributed by atoms with Crippen LogP contribution in [0.1, 0.15) is 31.1 Å². The van der Waals surface area contributed by atoms with E-state index in [-0.39, 0.29) is 23.5 Å². The van der Waals surface area contributed by atoms with E-state index >= 15 is 0 Å². The molecule has 2 N–H and O–H groups in total. The lowest BCUT2D eigenvalue weighted by atomic mass is 10.1. The van der Waals surface area contributed by atoms with E-state index in [4.69, 9.17) is 19.9 Å². The Balaban J connectivity index is 1.26. The first-order valence-electron chi connectivity index (χ1n) is 12.5. The van der Waals surface area contributed by atoms with Gasteiger partial charge in [0.05, 0.1) is 11.9 Å². The minimum atomic E-state index is -0.673. The number of carbonyl (C=O) groups excluding carboxylic acids is 2.